The summed E-state index contributed by atoms with van der Waals surface area (Å²) in [6.07, 6.45) is -3.09. The average molecular weight is 568 g/mol. The number of rotatable bonds is 8. The van der Waals surface area contributed by atoms with E-state index in [4.69, 9.17) is 5.26 Å². The molecule has 1 saturated heterocycles. The number of unbranched alkanes of at least 4 members (excludes halogenated alkanes) is 1. The number of carbonyl (C=O) groups excluding carboxylic acids is 3. The minimum absolute atomic E-state index is 0.0933. The normalized spacial score (nSPS) is 17.2. The largest absolute Gasteiger partial charge is 0.417 e. The summed E-state index contributed by atoms with van der Waals surface area (Å²) >= 11 is 0. The zero-order valence-corrected chi connectivity index (χ0v) is 23.0. The third-order valence-electron chi connectivity index (χ3n) is 7.58. The van der Waals surface area contributed by atoms with Gasteiger partial charge in [-0.25, -0.2) is 9.69 Å². The number of benzene rings is 2. The molecule has 1 fully saturated rings. The van der Waals surface area contributed by atoms with E-state index in [-0.39, 0.29) is 23.3 Å². The maximum absolute atomic E-state index is 13.4. The van der Waals surface area contributed by atoms with Gasteiger partial charge < -0.3 is 10.2 Å². The number of urea groups is 1. The smallest absolute Gasteiger partial charge is 0.331 e. The summed E-state index contributed by atoms with van der Waals surface area (Å²) in [7, 11) is 0. The van der Waals surface area contributed by atoms with Gasteiger partial charge >= 0.3 is 12.2 Å². The van der Waals surface area contributed by atoms with Crippen molar-refractivity contribution in [2.45, 2.75) is 45.3 Å². The number of hydrogen-bond donors (Lipinski definition) is 1. The fourth-order valence-electron chi connectivity index (χ4n) is 5.13. The Morgan fingerprint density at radius 1 is 1.02 bits per heavy atom. The van der Waals surface area contributed by atoms with E-state index in [0.29, 0.717) is 37.6 Å². The van der Waals surface area contributed by atoms with Crippen LogP contribution in [0.25, 0.3) is 0 Å². The maximum Gasteiger partial charge on any atom is 0.417 e. The molecule has 8 nitrogen and oxygen atoms in total. The Morgan fingerprint density at radius 2 is 1.71 bits per heavy atom. The molecule has 216 valence electrons. The summed E-state index contributed by atoms with van der Waals surface area (Å²) in [5, 5.41) is 12.1. The standard InChI is InChI=1S/C30H32F3N5O3/c1-20-25(28(40)38(27(20)39)24-12-11-23(19-34)26(18-24)30(31,32)33)10-6-7-13-36-14-16-37(17-15-36)29(41)35-21(2)22-8-4-3-5-9-22/h3-5,8-9,11-12,18,21H,6-7,10,13-17H2,1-2H3,(H,35,41). The summed E-state index contributed by atoms with van der Waals surface area (Å²) in [5.74, 6) is -1.28. The number of imide groups is 1. The van der Waals surface area contributed by atoms with Crippen molar-refractivity contribution in [3.05, 3.63) is 76.4 Å². The molecule has 0 bridgehead atoms. The van der Waals surface area contributed by atoms with Crippen molar-refractivity contribution in [3.8, 4) is 6.07 Å². The molecule has 0 saturated carbocycles. The van der Waals surface area contributed by atoms with E-state index < -0.39 is 29.1 Å². The molecular formula is C30H32F3N5O3. The van der Waals surface area contributed by atoms with Crippen molar-refractivity contribution in [1.82, 2.24) is 15.1 Å². The lowest BCUT2D eigenvalue weighted by Crippen LogP contribution is -2.52. The second kappa shape index (κ2) is 12.6. The van der Waals surface area contributed by atoms with Crippen LogP contribution in [0.5, 0.6) is 0 Å². The number of alkyl halides is 3. The second-order valence-corrected chi connectivity index (χ2v) is 10.3. The van der Waals surface area contributed by atoms with E-state index in [1.807, 2.05) is 37.3 Å². The Labute approximate surface area is 237 Å². The molecule has 2 heterocycles. The van der Waals surface area contributed by atoms with E-state index in [9.17, 15) is 27.6 Å². The number of nitrogens with zero attached hydrogens (tertiary/aromatic N) is 4. The number of hydrogen-bond acceptors (Lipinski definition) is 5. The number of anilines is 1. The first kappa shape index (κ1) is 29.8. The molecule has 0 radical (unpaired) electrons. The molecule has 41 heavy (non-hydrogen) atoms. The monoisotopic (exact) mass is 567 g/mol. The lowest BCUT2D eigenvalue weighted by molar-refractivity contribution is -0.138. The molecule has 1 atom stereocenters. The van der Waals surface area contributed by atoms with E-state index in [2.05, 4.69) is 10.2 Å². The first-order chi connectivity index (χ1) is 19.5. The van der Waals surface area contributed by atoms with E-state index in [1.54, 1.807) is 4.90 Å². The van der Waals surface area contributed by atoms with Crippen molar-refractivity contribution < 1.29 is 27.6 Å². The SMILES string of the molecule is CC1=C(CCCCN2CCN(C(=O)NC(C)c3ccccc3)CC2)C(=O)N(c2ccc(C#N)c(C(F)(F)F)c2)C1=O. The van der Waals surface area contributed by atoms with Gasteiger partial charge in [-0.15, -0.1) is 0 Å². The second-order valence-electron chi connectivity index (χ2n) is 10.3. The summed E-state index contributed by atoms with van der Waals surface area (Å²) in [4.78, 5) is 43.3. The molecule has 2 aliphatic rings. The van der Waals surface area contributed by atoms with Gasteiger partial charge in [0.25, 0.3) is 11.8 Å². The predicted octanol–water partition coefficient (Wildman–Crippen LogP) is 5.03. The fourth-order valence-corrected chi connectivity index (χ4v) is 5.13. The minimum Gasteiger partial charge on any atom is -0.331 e. The molecule has 11 heteroatoms. The average Bonchev–Trinajstić information content (AvgIpc) is 3.17. The highest BCUT2D eigenvalue weighted by molar-refractivity contribution is 6.32. The molecule has 1 N–H and O–H groups in total. The maximum atomic E-state index is 13.4. The van der Waals surface area contributed by atoms with Crippen molar-refractivity contribution in [1.29, 1.82) is 5.26 Å². The summed E-state index contributed by atoms with van der Waals surface area (Å²) in [6.45, 7) is 6.87. The summed E-state index contributed by atoms with van der Waals surface area (Å²) in [6, 6.07) is 13.9. The van der Waals surface area contributed by atoms with Crippen LogP contribution >= 0.6 is 0 Å². The van der Waals surface area contributed by atoms with E-state index in [0.717, 1.165) is 42.6 Å². The van der Waals surface area contributed by atoms with Crippen LogP contribution in [0.1, 0.15) is 55.8 Å². The van der Waals surface area contributed by atoms with E-state index in [1.165, 1.54) is 19.1 Å². The quantitative estimate of drug-likeness (QED) is 0.357. The van der Waals surface area contributed by atoms with Crippen LogP contribution in [0.15, 0.2) is 59.7 Å². The van der Waals surface area contributed by atoms with Crippen LogP contribution in [0.2, 0.25) is 0 Å². The molecule has 1 unspecified atom stereocenters. The molecular weight excluding hydrogens is 535 g/mol. The Kier molecular flexibility index (Phi) is 9.13. The van der Waals surface area contributed by atoms with Crippen molar-refractivity contribution in [2.24, 2.45) is 0 Å². The van der Waals surface area contributed by atoms with Crippen molar-refractivity contribution >= 4 is 23.5 Å². The summed E-state index contributed by atoms with van der Waals surface area (Å²) < 4.78 is 40.2. The number of nitriles is 1. The first-order valence-electron chi connectivity index (χ1n) is 13.5. The Bertz CT molecular complexity index is 1380. The molecule has 4 rings (SSSR count). The van der Waals surface area contributed by atoms with Crippen molar-refractivity contribution in [2.75, 3.05) is 37.6 Å². The van der Waals surface area contributed by atoms with Gasteiger partial charge in [0.1, 0.15) is 0 Å². The van der Waals surface area contributed by atoms with Gasteiger partial charge in [0.15, 0.2) is 0 Å². The fraction of sp³-hybridized carbons (Fsp3) is 0.400. The molecule has 2 aliphatic heterocycles. The Hall–Kier alpha value is -4.17. The molecule has 2 aromatic carbocycles. The molecule has 0 aromatic heterocycles. The van der Waals surface area contributed by atoms with Crippen LogP contribution < -0.4 is 10.2 Å². The van der Waals surface area contributed by atoms with Crippen LogP contribution in [0.3, 0.4) is 0 Å². The lowest BCUT2D eigenvalue weighted by atomic mass is 10.0. The van der Waals surface area contributed by atoms with Gasteiger partial charge in [-0.05, 0) is 63.4 Å². The predicted molar refractivity (Wildman–Crippen MR) is 147 cm³/mol. The van der Waals surface area contributed by atoms with Gasteiger partial charge in [-0.2, -0.15) is 18.4 Å². The van der Waals surface area contributed by atoms with Gasteiger partial charge in [0, 0.05) is 37.3 Å². The van der Waals surface area contributed by atoms with Gasteiger partial charge in [0.2, 0.25) is 0 Å². The van der Waals surface area contributed by atoms with Crippen LogP contribution in [0, 0.1) is 11.3 Å². The topological polar surface area (TPSA) is 96.8 Å². The lowest BCUT2D eigenvalue weighted by Gasteiger charge is -2.35. The molecule has 0 aliphatic carbocycles. The van der Waals surface area contributed by atoms with Crippen molar-refractivity contribution in [3.63, 3.8) is 0 Å². The molecule has 4 amide bonds. The zero-order chi connectivity index (χ0) is 29.7. The number of amides is 4. The van der Waals surface area contributed by atoms with E-state index >= 15 is 0 Å². The highest BCUT2D eigenvalue weighted by Gasteiger charge is 2.39. The molecule has 2 aromatic rings. The van der Waals surface area contributed by atoms with Crippen LogP contribution in [-0.4, -0.2) is 60.4 Å². The minimum atomic E-state index is -4.80. The Balaban J connectivity index is 1.25. The number of carbonyl (C=O) groups is 3. The number of halogens is 3. The first-order valence-corrected chi connectivity index (χ1v) is 13.5. The number of piperazine rings is 1. The third-order valence-corrected chi connectivity index (χ3v) is 7.58. The van der Waals surface area contributed by atoms with Gasteiger partial charge in [-0.1, -0.05) is 30.3 Å². The third kappa shape index (κ3) is 6.77. The molecule has 0 spiro atoms. The summed E-state index contributed by atoms with van der Waals surface area (Å²) in [5.41, 5.74) is -0.417. The van der Waals surface area contributed by atoms with Gasteiger partial charge in [0.05, 0.1) is 28.9 Å². The van der Waals surface area contributed by atoms with Crippen LogP contribution in [-0.2, 0) is 15.8 Å². The number of nitrogens with one attached hydrogen (secondary N) is 1. The van der Waals surface area contributed by atoms with Crippen LogP contribution in [0.4, 0.5) is 23.7 Å². The zero-order valence-electron chi connectivity index (χ0n) is 23.0. The highest BCUT2D eigenvalue weighted by Crippen LogP contribution is 2.37. The Morgan fingerprint density at radius 3 is 2.34 bits per heavy atom. The van der Waals surface area contributed by atoms with Gasteiger partial charge in [-0.3, -0.25) is 14.5 Å². The highest BCUT2D eigenvalue weighted by atomic mass is 19.4.